The Balaban J connectivity index is 2.67. The minimum Gasteiger partial charge on any atom is -0.326 e. The van der Waals surface area contributed by atoms with Gasteiger partial charge in [0.15, 0.2) is 0 Å². The number of rotatable bonds is 9. The predicted octanol–water partition coefficient (Wildman–Crippen LogP) is 1.96. The topological polar surface area (TPSA) is 69.7 Å². The molecule has 0 heterocycles. The molecule has 0 atom stereocenters. The van der Waals surface area contributed by atoms with E-state index in [-0.39, 0.29) is 18.9 Å². The van der Waals surface area contributed by atoms with E-state index < -0.39 is 10.0 Å². The summed E-state index contributed by atoms with van der Waals surface area (Å²) >= 11 is 0. The largest absolute Gasteiger partial charge is 0.326 e. The summed E-state index contributed by atoms with van der Waals surface area (Å²) in [5.74, 6) is 0.121. The number of likely N-dealkylation sites (N-methyl/N-ethyl adjacent to an activating group) is 1. The van der Waals surface area contributed by atoms with Crippen LogP contribution in [0.15, 0.2) is 24.3 Å². The highest BCUT2D eigenvalue weighted by Gasteiger charge is 2.18. The van der Waals surface area contributed by atoms with Crippen molar-refractivity contribution in [3.05, 3.63) is 29.8 Å². The van der Waals surface area contributed by atoms with Gasteiger partial charge in [0.2, 0.25) is 15.9 Å². The maximum Gasteiger partial charge on any atom is 0.225 e. The van der Waals surface area contributed by atoms with E-state index in [0.29, 0.717) is 19.0 Å². The Morgan fingerprint density at radius 2 is 1.75 bits per heavy atom. The fraction of sp³-hybridized carbons (Fsp3) is 0.588. The summed E-state index contributed by atoms with van der Waals surface area (Å²) in [4.78, 5) is 14.1. The highest BCUT2D eigenvalue weighted by molar-refractivity contribution is 7.88. The Hall–Kier alpha value is -1.44. The van der Waals surface area contributed by atoms with Gasteiger partial charge in [-0.25, -0.2) is 12.7 Å². The summed E-state index contributed by atoms with van der Waals surface area (Å²) in [6.45, 7) is 5.31. The molecule has 0 saturated heterocycles. The van der Waals surface area contributed by atoms with Gasteiger partial charge in [-0.2, -0.15) is 0 Å². The normalized spacial score (nSPS) is 12.2. The number of carbonyl (C=O) groups excluding carboxylic acids is 1. The molecular formula is C17H29N3O3S. The lowest BCUT2D eigenvalue weighted by molar-refractivity contribution is -0.116. The first-order valence-corrected chi connectivity index (χ1v) is 9.94. The van der Waals surface area contributed by atoms with Crippen molar-refractivity contribution in [2.75, 3.05) is 45.3 Å². The van der Waals surface area contributed by atoms with Gasteiger partial charge in [-0.15, -0.1) is 0 Å². The van der Waals surface area contributed by atoms with Crippen LogP contribution in [0.1, 0.15) is 31.7 Å². The van der Waals surface area contributed by atoms with Crippen LogP contribution >= 0.6 is 0 Å². The highest BCUT2D eigenvalue weighted by atomic mass is 32.2. The van der Waals surface area contributed by atoms with Crippen molar-refractivity contribution in [3.63, 3.8) is 0 Å². The first-order valence-electron chi connectivity index (χ1n) is 8.10. The number of nitrogens with one attached hydrogen (secondary N) is 1. The summed E-state index contributed by atoms with van der Waals surface area (Å²) in [6.07, 6.45) is 1.31. The molecule has 0 radical (unpaired) electrons. The molecule has 0 saturated carbocycles. The van der Waals surface area contributed by atoms with Crippen LogP contribution in [0.25, 0.3) is 0 Å². The smallest absolute Gasteiger partial charge is 0.225 e. The van der Waals surface area contributed by atoms with Crippen LogP contribution in [0.4, 0.5) is 5.69 Å². The molecule has 136 valence electrons. The summed E-state index contributed by atoms with van der Waals surface area (Å²) < 4.78 is 25.0. The molecule has 0 unspecified atom stereocenters. The fourth-order valence-electron chi connectivity index (χ4n) is 2.31. The summed E-state index contributed by atoms with van der Waals surface area (Å²) in [5.41, 5.74) is 1.86. The molecule has 1 aromatic rings. The van der Waals surface area contributed by atoms with E-state index >= 15 is 0 Å². The molecule has 1 rings (SSSR count). The van der Waals surface area contributed by atoms with E-state index in [1.54, 1.807) is 0 Å². The molecule has 6 nitrogen and oxygen atoms in total. The average molecular weight is 356 g/mol. The lowest BCUT2D eigenvalue weighted by Crippen LogP contribution is -2.37. The van der Waals surface area contributed by atoms with Crippen LogP contribution in [-0.2, 0) is 14.8 Å². The van der Waals surface area contributed by atoms with E-state index in [0.717, 1.165) is 11.3 Å². The Kier molecular flexibility index (Phi) is 7.86. The average Bonchev–Trinajstić information content (AvgIpc) is 2.45. The van der Waals surface area contributed by atoms with Crippen LogP contribution < -0.4 is 5.32 Å². The van der Waals surface area contributed by atoms with E-state index in [1.165, 1.54) is 10.6 Å². The highest BCUT2D eigenvalue weighted by Crippen LogP contribution is 2.23. The van der Waals surface area contributed by atoms with Crippen molar-refractivity contribution >= 4 is 21.6 Å². The quantitative estimate of drug-likeness (QED) is 0.735. The predicted molar refractivity (Wildman–Crippen MR) is 98.7 cm³/mol. The fourth-order valence-corrected chi connectivity index (χ4v) is 3.14. The summed E-state index contributed by atoms with van der Waals surface area (Å²) in [5, 5.41) is 2.89. The zero-order valence-corrected chi connectivity index (χ0v) is 16.1. The Labute approximate surface area is 145 Å². The minimum atomic E-state index is -3.32. The van der Waals surface area contributed by atoms with E-state index in [9.17, 15) is 13.2 Å². The molecule has 7 heteroatoms. The molecule has 1 N–H and O–H groups in total. The Bertz CT molecular complexity index is 642. The van der Waals surface area contributed by atoms with Crippen molar-refractivity contribution in [3.8, 4) is 0 Å². The van der Waals surface area contributed by atoms with Crippen LogP contribution in [0.2, 0.25) is 0 Å². The van der Waals surface area contributed by atoms with Crippen LogP contribution in [-0.4, -0.2) is 63.5 Å². The lowest BCUT2D eigenvalue weighted by atomic mass is 10.0. The van der Waals surface area contributed by atoms with Crippen LogP contribution in [0, 0.1) is 0 Å². The van der Waals surface area contributed by atoms with E-state index in [2.05, 4.69) is 19.2 Å². The first kappa shape index (κ1) is 20.6. The standard InChI is InChI=1S/C17H29N3O3S/c1-14(2)15-8-6-7-9-16(15)18-17(21)10-11-20(24(5,22)23)13-12-19(3)4/h6-9,14H,10-13H2,1-5H3,(H,18,21). The Morgan fingerprint density at radius 1 is 1.12 bits per heavy atom. The van der Waals surface area contributed by atoms with Crippen LogP contribution in [0.3, 0.4) is 0 Å². The zero-order chi connectivity index (χ0) is 18.3. The zero-order valence-electron chi connectivity index (χ0n) is 15.2. The first-order chi connectivity index (χ1) is 11.1. The number of sulfonamides is 1. The molecule has 0 fully saturated rings. The number of hydrogen-bond acceptors (Lipinski definition) is 4. The number of para-hydroxylation sites is 1. The van der Waals surface area contributed by atoms with Crippen molar-refractivity contribution in [2.45, 2.75) is 26.2 Å². The number of hydrogen-bond donors (Lipinski definition) is 1. The molecular weight excluding hydrogens is 326 g/mol. The number of anilines is 1. The number of amides is 1. The van der Waals surface area contributed by atoms with Gasteiger partial charge in [-0.3, -0.25) is 4.79 Å². The van der Waals surface area contributed by atoms with Gasteiger partial charge >= 0.3 is 0 Å². The maximum atomic E-state index is 12.2. The van der Waals surface area contributed by atoms with Crippen LogP contribution in [0.5, 0.6) is 0 Å². The number of benzene rings is 1. The summed E-state index contributed by atoms with van der Waals surface area (Å²) in [7, 11) is 0.446. The number of carbonyl (C=O) groups is 1. The second-order valence-corrected chi connectivity index (χ2v) is 8.49. The van der Waals surface area contributed by atoms with Gasteiger partial charge in [0.1, 0.15) is 0 Å². The third kappa shape index (κ3) is 6.98. The maximum absolute atomic E-state index is 12.2. The molecule has 0 aromatic heterocycles. The molecule has 0 aliphatic heterocycles. The van der Waals surface area contributed by atoms with Gasteiger partial charge in [-0.1, -0.05) is 32.0 Å². The summed E-state index contributed by atoms with van der Waals surface area (Å²) in [6, 6.07) is 7.67. The molecule has 0 aliphatic carbocycles. The van der Waals surface area contributed by atoms with E-state index in [4.69, 9.17) is 0 Å². The van der Waals surface area contributed by atoms with Gasteiger partial charge in [0, 0.05) is 31.7 Å². The van der Waals surface area contributed by atoms with Crippen molar-refractivity contribution in [1.29, 1.82) is 0 Å². The molecule has 0 spiro atoms. The van der Waals surface area contributed by atoms with Gasteiger partial charge < -0.3 is 10.2 Å². The lowest BCUT2D eigenvalue weighted by Gasteiger charge is -2.22. The molecule has 1 amide bonds. The molecule has 0 aliphatic rings. The number of nitrogens with zero attached hydrogens (tertiary/aromatic N) is 2. The van der Waals surface area contributed by atoms with Gasteiger partial charge in [0.25, 0.3) is 0 Å². The molecule has 0 bridgehead atoms. The SMILES string of the molecule is CC(C)c1ccccc1NC(=O)CCN(CCN(C)C)S(C)(=O)=O. The van der Waals surface area contributed by atoms with Crippen molar-refractivity contribution in [2.24, 2.45) is 0 Å². The minimum absolute atomic E-state index is 0.132. The second-order valence-electron chi connectivity index (χ2n) is 6.51. The monoisotopic (exact) mass is 355 g/mol. The van der Waals surface area contributed by atoms with Gasteiger partial charge in [0.05, 0.1) is 6.26 Å². The third-order valence-corrected chi connectivity index (χ3v) is 5.01. The third-order valence-electron chi connectivity index (χ3n) is 3.71. The Morgan fingerprint density at radius 3 is 2.29 bits per heavy atom. The molecule has 1 aromatic carbocycles. The van der Waals surface area contributed by atoms with Crippen molar-refractivity contribution in [1.82, 2.24) is 9.21 Å². The molecule has 24 heavy (non-hydrogen) atoms. The van der Waals surface area contributed by atoms with Gasteiger partial charge in [-0.05, 0) is 31.6 Å². The van der Waals surface area contributed by atoms with E-state index in [1.807, 2.05) is 43.3 Å². The second kappa shape index (κ2) is 9.15. The van der Waals surface area contributed by atoms with Crippen molar-refractivity contribution < 1.29 is 13.2 Å².